The zero-order valence-electron chi connectivity index (χ0n) is 8.63. The summed E-state index contributed by atoms with van der Waals surface area (Å²) in [7, 11) is 1.52. The van der Waals surface area contributed by atoms with Crippen molar-refractivity contribution in [3.05, 3.63) is 0 Å². The Labute approximate surface area is 78.5 Å². The second-order valence-electron chi connectivity index (χ2n) is 3.41. The van der Waals surface area contributed by atoms with E-state index in [1.807, 2.05) is 6.92 Å². The van der Waals surface area contributed by atoms with E-state index in [9.17, 15) is 9.59 Å². The third-order valence-corrected chi connectivity index (χ3v) is 2.41. The van der Waals surface area contributed by atoms with Crippen LogP contribution in [0.5, 0.6) is 0 Å². The Hall–Kier alpha value is -1.06. The van der Waals surface area contributed by atoms with Crippen molar-refractivity contribution in [3.8, 4) is 0 Å². The molecule has 1 amide bonds. The van der Waals surface area contributed by atoms with Crippen LogP contribution >= 0.6 is 0 Å². The van der Waals surface area contributed by atoms with Crippen LogP contribution < -0.4 is 0 Å². The lowest BCUT2D eigenvalue weighted by molar-refractivity contribution is -0.156. The third kappa shape index (κ3) is 2.44. The highest BCUT2D eigenvalue weighted by molar-refractivity contribution is 5.85. The SMILES string of the molecule is CCCC(C)(C(=O)O)N(C)C(C)=O. The van der Waals surface area contributed by atoms with E-state index in [0.717, 1.165) is 6.42 Å². The van der Waals surface area contributed by atoms with E-state index in [-0.39, 0.29) is 5.91 Å². The van der Waals surface area contributed by atoms with Crippen LogP contribution in [-0.2, 0) is 9.59 Å². The molecule has 4 heteroatoms. The number of aliphatic carboxylic acids is 1. The van der Waals surface area contributed by atoms with E-state index >= 15 is 0 Å². The molecule has 0 aromatic carbocycles. The minimum absolute atomic E-state index is 0.224. The van der Waals surface area contributed by atoms with Crippen molar-refractivity contribution < 1.29 is 14.7 Å². The second kappa shape index (κ2) is 4.25. The van der Waals surface area contributed by atoms with E-state index in [1.54, 1.807) is 6.92 Å². The first-order valence-electron chi connectivity index (χ1n) is 4.34. The number of carbonyl (C=O) groups is 2. The normalized spacial score (nSPS) is 14.8. The number of hydrogen-bond acceptors (Lipinski definition) is 2. The van der Waals surface area contributed by atoms with Gasteiger partial charge in [-0.25, -0.2) is 4.79 Å². The molecule has 0 aliphatic heterocycles. The van der Waals surface area contributed by atoms with Crippen molar-refractivity contribution in [1.29, 1.82) is 0 Å². The number of carboxylic acids is 1. The summed E-state index contributed by atoms with van der Waals surface area (Å²) < 4.78 is 0. The number of amides is 1. The maximum atomic E-state index is 11.0. The van der Waals surface area contributed by atoms with Crippen LogP contribution in [-0.4, -0.2) is 34.5 Å². The molecule has 13 heavy (non-hydrogen) atoms. The zero-order valence-corrected chi connectivity index (χ0v) is 8.63. The first-order chi connectivity index (χ1) is 5.86. The smallest absolute Gasteiger partial charge is 0.329 e. The molecular formula is C9H17NO3. The average molecular weight is 187 g/mol. The van der Waals surface area contributed by atoms with Gasteiger partial charge in [0.1, 0.15) is 5.54 Å². The Balaban J connectivity index is 4.77. The van der Waals surface area contributed by atoms with Crippen LogP contribution in [0.2, 0.25) is 0 Å². The van der Waals surface area contributed by atoms with Crippen molar-refractivity contribution in [3.63, 3.8) is 0 Å². The Morgan fingerprint density at radius 1 is 1.46 bits per heavy atom. The molecule has 0 heterocycles. The lowest BCUT2D eigenvalue weighted by atomic mass is 9.94. The topological polar surface area (TPSA) is 57.6 Å². The standard InChI is InChI=1S/C9H17NO3/c1-5-6-9(3,8(12)13)10(4)7(2)11/h5-6H2,1-4H3,(H,12,13). The third-order valence-electron chi connectivity index (χ3n) is 2.41. The fraction of sp³-hybridized carbons (Fsp3) is 0.778. The van der Waals surface area contributed by atoms with Crippen LogP contribution in [0.25, 0.3) is 0 Å². The lowest BCUT2D eigenvalue weighted by Crippen LogP contribution is -2.52. The maximum absolute atomic E-state index is 11.0. The van der Waals surface area contributed by atoms with Crippen molar-refractivity contribution in [2.24, 2.45) is 0 Å². The quantitative estimate of drug-likeness (QED) is 0.717. The molecule has 4 nitrogen and oxygen atoms in total. The second-order valence-corrected chi connectivity index (χ2v) is 3.41. The van der Waals surface area contributed by atoms with Gasteiger partial charge in [-0.15, -0.1) is 0 Å². The van der Waals surface area contributed by atoms with E-state index in [4.69, 9.17) is 5.11 Å². The largest absolute Gasteiger partial charge is 0.480 e. The number of nitrogens with zero attached hydrogens (tertiary/aromatic N) is 1. The summed E-state index contributed by atoms with van der Waals surface area (Å²) in [6.45, 7) is 4.84. The predicted molar refractivity (Wildman–Crippen MR) is 49.4 cm³/mol. The van der Waals surface area contributed by atoms with Gasteiger partial charge in [-0.1, -0.05) is 13.3 Å². The molecule has 0 aliphatic rings. The van der Waals surface area contributed by atoms with E-state index in [0.29, 0.717) is 6.42 Å². The van der Waals surface area contributed by atoms with Gasteiger partial charge in [0.25, 0.3) is 0 Å². The fourth-order valence-corrected chi connectivity index (χ4v) is 1.25. The summed E-state index contributed by atoms with van der Waals surface area (Å²) >= 11 is 0. The van der Waals surface area contributed by atoms with Crippen LogP contribution in [0.15, 0.2) is 0 Å². The molecule has 0 radical (unpaired) electrons. The number of rotatable bonds is 4. The van der Waals surface area contributed by atoms with Gasteiger partial charge >= 0.3 is 5.97 Å². The monoisotopic (exact) mass is 187 g/mol. The number of likely N-dealkylation sites (N-methyl/N-ethyl adjacent to an activating group) is 1. The Morgan fingerprint density at radius 3 is 2.15 bits per heavy atom. The van der Waals surface area contributed by atoms with Crippen LogP contribution in [0.3, 0.4) is 0 Å². The fourth-order valence-electron chi connectivity index (χ4n) is 1.25. The van der Waals surface area contributed by atoms with Crippen LogP contribution in [0.4, 0.5) is 0 Å². The minimum Gasteiger partial charge on any atom is -0.480 e. The number of hydrogen-bond donors (Lipinski definition) is 1. The molecular weight excluding hydrogens is 170 g/mol. The molecule has 0 aromatic rings. The molecule has 1 N–H and O–H groups in total. The van der Waals surface area contributed by atoms with Gasteiger partial charge in [0.05, 0.1) is 0 Å². The van der Waals surface area contributed by atoms with E-state index < -0.39 is 11.5 Å². The molecule has 1 atom stereocenters. The lowest BCUT2D eigenvalue weighted by Gasteiger charge is -2.34. The molecule has 1 unspecified atom stereocenters. The summed E-state index contributed by atoms with van der Waals surface area (Å²) in [5.41, 5.74) is -1.07. The van der Waals surface area contributed by atoms with Gasteiger partial charge < -0.3 is 10.0 Å². The predicted octanol–water partition coefficient (Wildman–Crippen LogP) is 1.11. The number of carboxylic acid groups (broad SMARTS) is 1. The van der Waals surface area contributed by atoms with Crippen LogP contribution in [0, 0.1) is 0 Å². The first kappa shape index (κ1) is 11.9. The molecule has 76 valence electrons. The van der Waals surface area contributed by atoms with Gasteiger partial charge in [0.15, 0.2) is 0 Å². The molecule has 0 spiro atoms. The van der Waals surface area contributed by atoms with Crippen molar-refractivity contribution in [2.45, 2.75) is 39.2 Å². The Morgan fingerprint density at radius 2 is 1.92 bits per heavy atom. The molecule has 0 aliphatic carbocycles. The highest BCUT2D eigenvalue weighted by Crippen LogP contribution is 2.20. The summed E-state index contributed by atoms with van der Waals surface area (Å²) in [5.74, 6) is -1.18. The molecule has 0 fully saturated rings. The van der Waals surface area contributed by atoms with Gasteiger partial charge in [0.2, 0.25) is 5.91 Å². The van der Waals surface area contributed by atoms with Gasteiger partial charge in [-0.05, 0) is 13.3 Å². The molecule has 0 saturated carbocycles. The first-order valence-corrected chi connectivity index (χ1v) is 4.34. The minimum atomic E-state index is -1.07. The van der Waals surface area contributed by atoms with Crippen molar-refractivity contribution >= 4 is 11.9 Å². The average Bonchev–Trinajstić information content (AvgIpc) is 2.02. The molecule has 0 rings (SSSR count). The number of carbonyl (C=O) groups excluding carboxylic acids is 1. The Bertz CT molecular complexity index is 215. The van der Waals surface area contributed by atoms with Crippen LogP contribution in [0.1, 0.15) is 33.6 Å². The zero-order chi connectivity index (χ0) is 10.6. The highest BCUT2D eigenvalue weighted by atomic mass is 16.4. The summed E-state index contributed by atoms with van der Waals surface area (Å²) in [5, 5.41) is 8.99. The van der Waals surface area contributed by atoms with Gasteiger partial charge in [-0.2, -0.15) is 0 Å². The summed E-state index contributed by atoms with van der Waals surface area (Å²) in [6, 6.07) is 0. The van der Waals surface area contributed by atoms with Crippen molar-refractivity contribution in [2.75, 3.05) is 7.05 Å². The molecule has 0 aromatic heterocycles. The van der Waals surface area contributed by atoms with E-state index in [1.165, 1.54) is 18.9 Å². The summed E-state index contributed by atoms with van der Waals surface area (Å²) in [4.78, 5) is 23.3. The van der Waals surface area contributed by atoms with Gasteiger partial charge in [0, 0.05) is 14.0 Å². The Kier molecular flexibility index (Phi) is 3.91. The highest BCUT2D eigenvalue weighted by Gasteiger charge is 2.37. The van der Waals surface area contributed by atoms with E-state index in [2.05, 4.69) is 0 Å². The maximum Gasteiger partial charge on any atom is 0.329 e. The molecule has 0 bridgehead atoms. The summed E-state index contributed by atoms with van der Waals surface area (Å²) in [6.07, 6.45) is 1.21. The van der Waals surface area contributed by atoms with Gasteiger partial charge in [-0.3, -0.25) is 4.79 Å². The molecule has 0 saturated heterocycles. The van der Waals surface area contributed by atoms with Crippen molar-refractivity contribution in [1.82, 2.24) is 4.90 Å².